The molecule has 126 valence electrons. The number of furan rings is 1. The topological polar surface area (TPSA) is 98.2 Å². The minimum absolute atomic E-state index is 0.310. The first-order valence-corrected chi connectivity index (χ1v) is 8.96. The minimum atomic E-state index is -3.43. The van der Waals surface area contributed by atoms with Gasteiger partial charge < -0.3 is 8.94 Å². The lowest BCUT2D eigenvalue weighted by molar-refractivity contribution is 0.384. The molecule has 0 saturated carbocycles. The lowest BCUT2D eigenvalue weighted by Crippen LogP contribution is -2.23. The third-order valence-corrected chi connectivity index (χ3v) is 5.19. The lowest BCUT2D eigenvalue weighted by Gasteiger charge is -2.13. The summed E-state index contributed by atoms with van der Waals surface area (Å²) in [6.45, 7) is 3.25. The van der Waals surface area contributed by atoms with Crippen LogP contribution in [0.5, 0.6) is 0 Å². The molecule has 0 bridgehead atoms. The summed E-state index contributed by atoms with van der Waals surface area (Å²) in [4.78, 5) is 4.27. The maximum atomic E-state index is 12.1. The Morgan fingerprint density at radius 3 is 2.67 bits per heavy atom. The van der Waals surface area contributed by atoms with E-state index in [1.807, 2.05) is 12.1 Å². The molecule has 8 heteroatoms. The molecule has 0 aliphatic rings. The van der Waals surface area contributed by atoms with Crippen LogP contribution in [-0.2, 0) is 16.4 Å². The molecule has 3 rings (SSSR count). The van der Waals surface area contributed by atoms with Crippen LogP contribution in [0.3, 0.4) is 0 Å². The Morgan fingerprint density at radius 2 is 1.96 bits per heavy atom. The van der Waals surface area contributed by atoms with Crippen molar-refractivity contribution in [2.75, 3.05) is 4.72 Å². The molecule has 0 fully saturated rings. The van der Waals surface area contributed by atoms with Crippen LogP contribution >= 0.6 is 0 Å². The molecular formula is C16H17N3O4S. The number of nitrogens with zero attached hydrogens (tertiary/aromatic N) is 2. The van der Waals surface area contributed by atoms with Gasteiger partial charge in [0.25, 0.3) is 0 Å². The van der Waals surface area contributed by atoms with Crippen molar-refractivity contribution in [2.45, 2.75) is 25.5 Å². The monoisotopic (exact) mass is 347 g/mol. The van der Waals surface area contributed by atoms with Crippen molar-refractivity contribution in [1.82, 2.24) is 10.1 Å². The third-order valence-electron chi connectivity index (χ3n) is 3.44. The first-order valence-electron chi connectivity index (χ1n) is 7.42. The SMILES string of the molecule is CC(C)S(=O)(=O)Nc1ccccc1Cc1nc(-c2ccco2)no1. The van der Waals surface area contributed by atoms with Gasteiger partial charge in [0, 0.05) is 0 Å². The molecule has 0 spiro atoms. The van der Waals surface area contributed by atoms with E-state index < -0.39 is 15.3 Å². The van der Waals surface area contributed by atoms with Crippen molar-refractivity contribution in [1.29, 1.82) is 0 Å². The highest BCUT2D eigenvalue weighted by atomic mass is 32.2. The molecule has 2 heterocycles. The number of sulfonamides is 1. The number of hydrogen-bond donors (Lipinski definition) is 1. The zero-order valence-electron chi connectivity index (χ0n) is 13.3. The molecule has 1 N–H and O–H groups in total. The van der Waals surface area contributed by atoms with Crippen LogP contribution in [0.4, 0.5) is 5.69 Å². The number of hydrogen-bond acceptors (Lipinski definition) is 6. The lowest BCUT2D eigenvalue weighted by atomic mass is 10.1. The fourth-order valence-electron chi connectivity index (χ4n) is 2.04. The molecule has 0 unspecified atom stereocenters. The van der Waals surface area contributed by atoms with Gasteiger partial charge in [-0.1, -0.05) is 23.4 Å². The van der Waals surface area contributed by atoms with Gasteiger partial charge in [0.05, 0.1) is 23.6 Å². The van der Waals surface area contributed by atoms with E-state index in [4.69, 9.17) is 8.94 Å². The summed E-state index contributed by atoms with van der Waals surface area (Å²) in [6.07, 6.45) is 1.84. The Bertz CT molecular complexity index is 914. The molecule has 3 aromatic rings. The largest absolute Gasteiger partial charge is 0.461 e. The standard InChI is InChI=1S/C16H17N3O4S/c1-11(2)24(20,21)19-13-7-4-3-6-12(13)10-15-17-16(18-23-15)14-8-5-9-22-14/h3-9,11,19H,10H2,1-2H3. The fourth-order valence-corrected chi connectivity index (χ4v) is 2.78. The van der Waals surface area contributed by atoms with Gasteiger partial charge in [-0.2, -0.15) is 4.98 Å². The van der Waals surface area contributed by atoms with Crippen LogP contribution in [-0.4, -0.2) is 23.8 Å². The van der Waals surface area contributed by atoms with Gasteiger partial charge in [-0.25, -0.2) is 8.42 Å². The molecule has 0 radical (unpaired) electrons. The average molecular weight is 347 g/mol. The highest BCUT2D eigenvalue weighted by Gasteiger charge is 2.18. The Kier molecular flexibility index (Phi) is 4.39. The molecule has 1 aromatic carbocycles. The van der Waals surface area contributed by atoms with E-state index in [1.54, 1.807) is 38.1 Å². The van der Waals surface area contributed by atoms with Crippen molar-refractivity contribution in [2.24, 2.45) is 0 Å². The van der Waals surface area contributed by atoms with Gasteiger partial charge in [0.15, 0.2) is 5.76 Å². The van der Waals surface area contributed by atoms with Crippen LogP contribution in [0, 0.1) is 0 Å². The number of rotatable bonds is 6. The summed E-state index contributed by atoms with van der Waals surface area (Å²) in [5, 5.41) is 3.34. The number of anilines is 1. The van der Waals surface area contributed by atoms with E-state index in [1.165, 1.54) is 6.26 Å². The predicted octanol–water partition coefficient (Wildman–Crippen LogP) is 3.07. The Morgan fingerprint density at radius 1 is 1.17 bits per heavy atom. The summed E-state index contributed by atoms with van der Waals surface area (Å²) in [6, 6.07) is 10.6. The van der Waals surface area contributed by atoms with E-state index in [0.29, 0.717) is 29.6 Å². The van der Waals surface area contributed by atoms with Gasteiger partial charge in [-0.15, -0.1) is 0 Å². The number of para-hydroxylation sites is 1. The van der Waals surface area contributed by atoms with Crippen molar-refractivity contribution < 1.29 is 17.4 Å². The molecule has 0 saturated heterocycles. The summed E-state index contributed by atoms with van der Waals surface area (Å²) in [7, 11) is -3.43. The van der Waals surface area contributed by atoms with E-state index >= 15 is 0 Å². The number of nitrogens with one attached hydrogen (secondary N) is 1. The molecule has 0 amide bonds. The number of aromatic nitrogens is 2. The second-order valence-corrected chi connectivity index (χ2v) is 7.76. The first-order chi connectivity index (χ1) is 11.5. The summed E-state index contributed by atoms with van der Waals surface area (Å²) < 4.78 is 37.2. The van der Waals surface area contributed by atoms with Crippen molar-refractivity contribution in [3.05, 3.63) is 54.1 Å². The molecule has 0 atom stereocenters. The normalized spacial score (nSPS) is 11.8. The molecular weight excluding hydrogens is 330 g/mol. The van der Waals surface area contributed by atoms with Gasteiger partial charge >= 0.3 is 0 Å². The molecule has 0 aliphatic carbocycles. The molecule has 2 aromatic heterocycles. The maximum Gasteiger partial charge on any atom is 0.238 e. The van der Waals surface area contributed by atoms with E-state index in [2.05, 4.69) is 14.9 Å². The minimum Gasteiger partial charge on any atom is -0.461 e. The van der Waals surface area contributed by atoms with E-state index in [9.17, 15) is 8.42 Å². The highest BCUT2D eigenvalue weighted by molar-refractivity contribution is 7.93. The quantitative estimate of drug-likeness (QED) is 0.736. The smallest absolute Gasteiger partial charge is 0.238 e. The van der Waals surface area contributed by atoms with Crippen molar-refractivity contribution >= 4 is 15.7 Å². The zero-order chi connectivity index (χ0) is 17.2. The molecule has 0 aliphatic heterocycles. The van der Waals surface area contributed by atoms with E-state index in [-0.39, 0.29) is 0 Å². The fraction of sp³-hybridized carbons (Fsp3) is 0.250. The van der Waals surface area contributed by atoms with Crippen LogP contribution in [0.25, 0.3) is 11.6 Å². The number of benzene rings is 1. The summed E-state index contributed by atoms with van der Waals surface area (Å²) >= 11 is 0. The van der Waals surface area contributed by atoms with Crippen LogP contribution in [0.1, 0.15) is 25.3 Å². The second-order valence-electron chi connectivity index (χ2n) is 5.52. The van der Waals surface area contributed by atoms with Gasteiger partial charge in [0.1, 0.15) is 0 Å². The highest BCUT2D eigenvalue weighted by Crippen LogP contribution is 2.22. The predicted molar refractivity (Wildman–Crippen MR) is 88.9 cm³/mol. The maximum absolute atomic E-state index is 12.1. The van der Waals surface area contributed by atoms with Crippen LogP contribution < -0.4 is 4.72 Å². The Labute approximate surface area is 139 Å². The van der Waals surface area contributed by atoms with Crippen molar-refractivity contribution in [3.8, 4) is 11.6 Å². The van der Waals surface area contributed by atoms with Gasteiger partial charge in [-0.05, 0) is 37.6 Å². The van der Waals surface area contributed by atoms with Gasteiger partial charge in [0.2, 0.25) is 21.7 Å². The Balaban J connectivity index is 1.84. The van der Waals surface area contributed by atoms with Crippen LogP contribution in [0.15, 0.2) is 51.6 Å². The second kappa shape index (κ2) is 6.48. The van der Waals surface area contributed by atoms with Crippen molar-refractivity contribution in [3.63, 3.8) is 0 Å². The molecule has 24 heavy (non-hydrogen) atoms. The summed E-state index contributed by atoms with van der Waals surface area (Å²) in [5.74, 6) is 1.24. The summed E-state index contributed by atoms with van der Waals surface area (Å²) in [5.41, 5.74) is 1.25. The van der Waals surface area contributed by atoms with Gasteiger partial charge in [-0.3, -0.25) is 4.72 Å². The average Bonchev–Trinajstić information content (AvgIpc) is 3.19. The van der Waals surface area contributed by atoms with Crippen LogP contribution in [0.2, 0.25) is 0 Å². The molecule has 7 nitrogen and oxygen atoms in total. The van der Waals surface area contributed by atoms with E-state index in [0.717, 1.165) is 5.56 Å². The zero-order valence-corrected chi connectivity index (χ0v) is 14.1. The Hall–Kier alpha value is -2.61. The first kappa shape index (κ1) is 16.3. The third kappa shape index (κ3) is 3.48.